The average Bonchev–Trinajstić information content (AvgIpc) is 3.12. The minimum absolute atomic E-state index is 0.264. The SMILES string of the molecule is CS(=O)(=O)O[C@H]([C@H](c1ccccc1)c1ccccc1F)[C@H]1CCCN1C(=O)O. The fraction of sp³-hybridized carbons (Fsp3) is 0.350. The molecule has 0 spiro atoms. The lowest BCUT2D eigenvalue weighted by molar-refractivity contribution is 0.0772. The Bertz CT molecular complexity index is 935. The number of likely N-dealkylation sites (tertiary alicyclic amines) is 1. The zero-order chi connectivity index (χ0) is 20.3. The predicted octanol–water partition coefficient (Wildman–Crippen LogP) is 3.44. The number of hydrogen-bond acceptors (Lipinski definition) is 4. The minimum atomic E-state index is -3.93. The number of amides is 1. The molecule has 150 valence electrons. The summed E-state index contributed by atoms with van der Waals surface area (Å²) in [7, 11) is -3.93. The van der Waals surface area contributed by atoms with E-state index in [0.717, 1.165) is 6.26 Å². The van der Waals surface area contributed by atoms with Gasteiger partial charge in [0.25, 0.3) is 10.1 Å². The number of benzene rings is 2. The van der Waals surface area contributed by atoms with Crippen LogP contribution in [0.25, 0.3) is 0 Å². The molecule has 0 bridgehead atoms. The van der Waals surface area contributed by atoms with Crippen molar-refractivity contribution in [3.63, 3.8) is 0 Å². The Morgan fingerprint density at radius 1 is 1.18 bits per heavy atom. The lowest BCUT2D eigenvalue weighted by Crippen LogP contribution is -2.47. The van der Waals surface area contributed by atoms with Crippen LogP contribution in [0.3, 0.4) is 0 Å². The molecule has 3 rings (SSSR count). The van der Waals surface area contributed by atoms with E-state index < -0.39 is 40.1 Å². The first-order valence-electron chi connectivity index (χ1n) is 8.95. The summed E-state index contributed by atoms with van der Waals surface area (Å²) in [5.74, 6) is -1.29. The number of carboxylic acid groups (broad SMARTS) is 1. The van der Waals surface area contributed by atoms with Crippen molar-refractivity contribution in [3.8, 4) is 0 Å². The molecule has 1 aliphatic heterocycles. The lowest BCUT2D eigenvalue weighted by atomic mass is 9.82. The number of rotatable bonds is 6. The van der Waals surface area contributed by atoms with Crippen LogP contribution in [-0.2, 0) is 14.3 Å². The molecule has 0 saturated carbocycles. The van der Waals surface area contributed by atoms with Crippen molar-refractivity contribution in [1.82, 2.24) is 4.90 Å². The van der Waals surface area contributed by atoms with Crippen LogP contribution in [0.2, 0.25) is 0 Å². The smallest absolute Gasteiger partial charge is 0.407 e. The van der Waals surface area contributed by atoms with Crippen molar-refractivity contribution >= 4 is 16.2 Å². The standard InChI is InChI=1S/C20H22FNO5S/c1-28(25,26)27-19(17-12-7-13-22(17)20(23)24)18(14-8-3-2-4-9-14)15-10-5-6-11-16(15)21/h2-6,8-11,17-19H,7,12-13H2,1H3,(H,23,24)/t17-,18-,19+/m1/s1. The monoisotopic (exact) mass is 407 g/mol. The largest absolute Gasteiger partial charge is 0.465 e. The maximum absolute atomic E-state index is 14.7. The Hall–Kier alpha value is -2.45. The van der Waals surface area contributed by atoms with Crippen molar-refractivity contribution in [1.29, 1.82) is 0 Å². The van der Waals surface area contributed by atoms with Crippen molar-refractivity contribution < 1.29 is 26.9 Å². The van der Waals surface area contributed by atoms with Gasteiger partial charge in [-0.3, -0.25) is 4.18 Å². The summed E-state index contributed by atoms with van der Waals surface area (Å²) in [4.78, 5) is 12.9. The molecular weight excluding hydrogens is 385 g/mol. The summed E-state index contributed by atoms with van der Waals surface area (Å²) >= 11 is 0. The van der Waals surface area contributed by atoms with E-state index in [0.29, 0.717) is 18.4 Å². The molecule has 6 nitrogen and oxygen atoms in total. The molecular formula is C20H22FNO5S. The van der Waals surface area contributed by atoms with E-state index >= 15 is 0 Å². The Balaban J connectivity index is 2.16. The third-order valence-electron chi connectivity index (χ3n) is 4.94. The first kappa shape index (κ1) is 20.3. The van der Waals surface area contributed by atoms with Crippen LogP contribution < -0.4 is 0 Å². The van der Waals surface area contributed by atoms with Crippen LogP contribution in [0, 0.1) is 5.82 Å². The Morgan fingerprint density at radius 3 is 2.43 bits per heavy atom. The summed E-state index contributed by atoms with van der Waals surface area (Å²) < 4.78 is 44.2. The Morgan fingerprint density at radius 2 is 1.82 bits per heavy atom. The second-order valence-electron chi connectivity index (χ2n) is 6.86. The zero-order valence-electron chi connectivity index (χ0n) is 15.4. The molecule has 1 aliphatic rings. The van der Waals surface area contributed by atoms with E-state index in [-0.39, 0.29) is 12.1 Å². The van der Waals surface area contributed by atoms with E-state index in [4.69, 9.17) is 4.18 Å². The summed E-state index contributed by atoms with van der Waals surface area (Å²) in [5.41, 5.74) is 0.915. The molecule has 3 atom stereocenters. The quantitative estimate of drug-likeness (QED) is 0.742. The van der Waals surface area contributed by atoms with Crippen LogP contribution in [0.1, 0.15) is 29.9 Å². The summed E-state index contributed by atoms with van der Waals surface area (Å²) in [5, 5.41) is 9.56. The molecule has 2 aromatic rings. The minimum Gasteiger partial charge on any atom is -0.465 e. The van der Waals surface area contributed by atoms with Crippen LogP contribution in [0.4, 0.5) is 9.18 Å². The number of carbonyl (C=O) groups is 1. The molecule has 28 heavy (non-hydrogen) atoms. The lowest BCUT2D eigenvalue weighted by Gasteiger charge is -2.35. The predicted molar refractivity (Wildman–Crippen MR) is 102 cm³/mol. The molecule has 8 heteroatoms. The molecule has 0 aromatic heterocycles. The number of nitrogens with zero attached hydrogens (tertiary/aromatic N) is 1. The highest BCUT2D eigenvalue weighted by molar-refractivity contribution is 7.86. The molecule has 1 fully saturated rings. The highest BCUT2D eigenvalue weighted by Crippen LogP contribution is 2.38. The summed E-state index contributed by atoms with van der Waals surface area (Å²) in [6, 6.07) is 14.2. The third kappa shape index (κ3) is 4.51. The molecule has 1 amide bonds. The second-order valence-corrected chi connectivity index (χ2v) is 8.46. The molecule has 1 saturated heterocycles. The molecule has 1 N–H and O–H groups in total. The van der Waals surface area contributed by atoms with Crippen LogP contribution in [0.15, 0.2) is 54.6 Å². The van der Waals surface area contributed by atoms with E-state index in [9.17, 15) is 22.7 Å². The normalized spacial score (nSPS) is 19.4. The number of hydrogen-bond donors (Lipinski definition) is 1. The summed E-state index contributed by atoms with van der Waals surface area (Å²) in [6.07, 6.45) is -0.301. The Kier molecular flexibility index (Phi) is 6.00. The van der Waals surface area contributed by atoms with Crippen LogP contribution >= 0.6 is 0 Å². The van der Waals surface area contributed by atoms with Crippen molar-refractivity contribution in [3.05, 3.63) is 71.5 Å². The topological polar surface area (TPSA) is 83.9 Å². The molecule has 2 aromatic carbocycles. The van der Waals surface area contributed by atoms with Gasteiger partial charge < -0.3 is 10.0 Å². The van der Waals surface area contributed by atoms with Gasteiger partial charge in [0, 0.05) is 12.5 Å². The second kappa shape index (κ2) is 8.28. The van der Waals surface area contributed by atoms with Crippen LogP contribution in [-0.4, -0.2) is 49.5 Å². The van der Waals surface area contributed by atoms with Crippen LogP contribution in [0.5, 0.6) is 0 Å². The fourth-order valence-electron chi connectivity index (χ4n) is 3.85. The van der Waals surface area contributed by atoms with Gasteiger partial charge in [0.05, 0.1) is 12.3 Å². The zero-order valence-corrected chi connectivity index (χ0v) is 16.2. The van der Waals surface area contributed by atoms with E-state index in [1.165, 1.54) is 11.0 Å². The van der Waals surface area contributed by atoms with Gasteiger partial charge in [0.1, 0.15) is 11.9 Å². The molecule has 0 aliphatic carbocycles. The van der Waals surface area contributed by atoms with Crippen molar-refractivity contribution in [2.45, 2.75) is 30.9 Å². The first-order valence-corrected chi connectivity index (χ1v) is 10.8. The van der Waals surface area contributed by atoms with E-state index in [1.807, 2.05) is 0 Å². The number of halogens is 1. The van der Waals surface area contributed by atoms with Crippen molar-refractivity contribution in [2.24, 2.45) is 0 Å². The molecule has 1 heterocycles. The van der Waals surface area contributed by atoms with Gasteiger partial charge in [-0.15, -0.1) is 0 Å². The highest BCUT2D eigenvalue weighted by Gasteiger charge is 2.43. The maximum atomic E-state index is 14.7. The first-order chi connectivity index (χ1) is 13.3. The van der Waals surface area contributed by atoms with Crippen molar-refractivity contribution in [2.75, 3.05) is 12.8 Å². The van der Waals surface area contributed by atoms with Gasteiger partial charge in [-0.2, -0.15) is 8.42 Å². The third-order valence-corrected chi connectivity index (χ3v) is 5.51. The van der Waals surface area contributed by atoms with Gasteiger partial charge in [-0.25, -0.2) is 9.18 Å². The van der Waals surface area contributed by atoms with Gasteiger partial charge in [0.15, 0.2) is 0 Å². The summed E-state index contributed by atoms with van der Waals surface area (Å²) in [6.45, 7) is 0.280. The molecule has 0 radical (unpaired) electrons. The molecule has 0 unspecified atom stereocenters. The fourth-order valence-corrected chi connectivity index (χ4v) is 4.49. The van der Waals surface area contributed by atoms with Gasteiger partial charge in [-0.1, -0.05) is 48.5 Å². The van der Waals surface area contributed by atoms with E-state index in [2.05, 4.69) is 0 Å². The average molecular weight is 407 g/mol. The maximum Gasteiger partial charge on any atom is 0.407 e. The van der Waals surface area contributed by atoms with Gasteiger partial charge in [-0.05, 0) is 30.0 Å². The van der Waals surface area contributed by atoms with E-state index in [1.54, 1.807) is 48.5 Å². The van der Waals surface area contributed by atoms with Gasteiger partial charge >= 0.3 is 6.09 Å². The van der Waals surface area contributed by atoms with Gasteiger partial charge in [0.2, 0.25) is 0 Å². The highest BCUT2D eigenvalue weighted by atomic mass is 32.2. The Labute approximate surface area is 163 Å².